The maximum Gasteiger partial charge on any atom is 0.340 e. The summed E-state index contributed by atoms with van der Waals surface area (Å²) in [6.45, 7) is -0.444. The van der Waals surface area contributed by atoms with Gasteiger partial charge in [0.2, 0.25) is 0 Å². The highest BCUT2D eigenvalue weighted by atomic mass is 35.5. The molecule has 0 aliphatic carbocycles. The van der Waals surface area contributed by atoms with Crippen LogP contribution in [0.15, 0.2) is 42.5 Å². The van der Waals surface area contributed by atoms with Gasteiger partial charge in [0, 0.05) is 16.4 Å². The van der Waals surface area contributed by atoms with Crippen molar-refractivity contribution in [3.63, 3.8) is 0 Å². The van der Waals surface area contributed by atoms with Crippen LogP contribution in [0.25, 0.3) is 0 Å². The maximum absolute atomic E-state index is 11.9. The first kappa shape index (κ1) is 17.3. The Balaban J connectivity index is 1.88. The Hall–Kier alpha value is -3.04. The number of hydrogen-bond donors (Lipinski definition) is 2. The van der Waals surface area contributed by atoms with Crippen molar-refractivity contribution >= 4 is 34.9 Å². The molecular formula is C17H14ClN3O3. The van der Waals surface area contributed by atoms with Gasteiger partial charge in [-0.3, -0.25) is 4.79 Å². The third-order valence-corrected chi connectivity index (χ3v) is 3.32. The van der Waals surface area contributed by atoms with E-state index in [2.05, 4.69) is 5.32 Å². The standard InChI is InChI=1S/C17H14ClN3O3/c18-12-3-6-14(15(20)9-12)17(23)24-10-16(22)21-13-4-1-11(2-5-13)7-8-19/h1-6,9H,7,10,20H2,(H,21,22). The number of hydrogen-bond acceptors (Lipinski definition) is 5. The molecule has 0 aromatic heterocycles. The second-order valence-electron chi connectivity index (χ2n) is 4.89. The van der Waals surface area contributed by atoms with Crippen LogP contribution in [0.1, 0.15) is 15.9 Å². The molecule has 0 heterocycles. The Morgan fingerprint density at radius 1 is 1.21 bits per heavy atom. The molecule has 122 valence electrons. The third kappa shape index (κ3) is 4.73. The van der Waals surface area contributed by atoms with Gasteiger partial charge in [0.15, 0.2) is 6.61 Å². The number of nitrogen functional groups attached to an aromatic ring is 1. The topological polar surface area (TPSA) is 105 Å². The first-order valence-electron chi connectivity index (χ1n) is 6.97. The van der Waals surface area contributed by atoms with E-state index in [-0.39, 0.29) is 11.3 Å². The summed E-state index contributed by atoms with van der Waals surface area (Å²) in [6, 6.07) is 13.2. The van der Waals surface area contributed by atoms with Crippen LogP contribution in [-0.4, -0.2) is 18.5 Å². The number of nitrogens with two attached hydrogens (primary N) is 1. The predicted molar refractivity (Wildman–Crippen MR) is 90.5 cm³/mol. The van der Waals surface area contributed by atoms with Crippen molar-refractivity contribution < 1.29 is 14.3 Å². The van der Waals surface area contributed by atoms with Crippen molar-refractivity contribution in [2.45, 2.75) is 6.42 Å². The van der Waals surface area contributed by atoms with Gasteiger partial charge in [-0.2, -0.15) is 5.26 Å². The smallest absolute Gasteiger partial charge is 0.340 e. The number of amides is 1. The lowest BCUT2D eigenvalue weighted by molar-refractivity contribution is -0.119. The number of nitriles is 1. The van der Waals surface area contributed by atoms with Crippen molar-refractivity contribution in [3.8, 4) is 6.07 Å². The average molecular weight is 344 g/mol. The molecule has 0 fully saturated rings. The first-order valence-corrected chi connectivity index (χ1v) is 7.35. The quantitative estimate of drug-likeness (QED) is 0.641. The number of halogens is 1. The van der Waals surface area contributed by atoms with Gasteiger partial charge in [-0.25, -0.2) is 4.79 Å². The van der Waals surface area contributed by atoms with Gasteiger partial charge in [0.05, 0.1) is 18.1 Å². The zero-order valence-electron chi connectivity index (χ0n) is 12.6. The van der Waals surface area contributed by atoms with Crippen molar-refractivity contribution in [1.29, 1.82) is 5.26 Å². The SMILES string of the molecule is N#CCc1ccc(NC(=O)COC(=O)c2ccc(Cl)cc2N)cc1. The van der Waals surface area contributed by atoms with E-state index in [4.69, 9.17) is 27.3 Å². The van der Waals surface area contributed by atoms with Crippen molar-refractivity contribution in [2.24, 2.45) is 0 Å². The van der Waals surface area contributed by atoms with Gasteiger partial charge in [0.1, 0.15) is 0 Å². The number of esters is 1. The highest BCUT2D eigenvalue weighted by Gasteiger charge is 2.13. The summed E-state index contributed by atoms with van der Waals surface area (Å²) in [4.78, 5) is 23.7. The average Bonchev–Trinajstić information content (AvgIpc) is 2.55. The minimum Gasteiger partial charge on any atom is -0.452 e. The largest absolute Gasteiger partial charge is 0.452 e. The predicted octanol–water partition coefficient (Wildman–Crippen LogP) is 2.78. The highest BCUT2D eigenvalue weighted by molar-refractivity contribution is 6.31. The molecule has 0 aliphatic rings. The van der Waals surface area contributed by atoms with Crippen molar-refractivity contribution in [2.75, 3.05) is 17.7 Å². The van der Waals surface area contributed by atoms with Crippen molar-refractivity contribution in [1.82, 2.24) is 0 Å². The van der Waals surface area contributed by atoms with Crippen LogP contribution in [-0.2, 0) is 16.0 Å². The Bertz CT molecular complexity index is 798. The molecule has 0 unspecified atom stereocenters. The summed E-state index contributed by atoms with van der Waals surface area (Å²) in [5.74, 6) is -1.19. The Kier molecular flexibility index (Phi) is 5.77. The van der Waals surface area contributed by atoms with E-state index in [1.807, 2.05) is 6.07 Å². The van der Waals surface area contributed by atoms with Crippen LogP contribution in [0.2, 0.25) is 5.02 Å². The van der Waals surface area contributed by atoms with Gasteiger partial charge < -0.3 is 15.8 Å². The monoisotopic (exact) mass is 343 g/mol. The first-order chi connectivity index (χ1) is 11.5. The van der Waals surface area contributed by atoms with Crippen LogP contribution < -0.4 is 11.1 Å². The van der Waals surface area contributed by atoms with E-state index in [1.165, 1.54) is 18.2 Å². The minimum atomic E-state index is -0.705. The van der Waals surface area contributed by atoms with E-state index in [1.54, 1.807) is 24.3 Å². The summed E-state index contributed by atoms with van der Waals surface area (Å²) in [5, 5.41) is 11.6. The van der Waals surface area contributed by atoms with Crippen LogP contribution >= 0.6 is 11.6 Å². The zero-order valence-corrected chi connectivity index (χ0v) is 13.3. The molecule has 0 saturated heterocycles. The van der Waals surface area contributed by atoms with Gasteiger partial charge in [-0.1, -0.05) is 23.7 Å². The number of ether oxygens (including phenoxy) is 1. The number of nitrogens with zero attached hydrogens (tertiary/aromatic N) is 1. The fourth-order valence-electron chi connectivity index (χ4n) is 1.92. The molecule has 3 N–H and O–H groups in total. The van der Waals surface area contributed by atoms with E-state index >= 15 is 0 Å². The normalized spacial score (nSPS) is 9.83. The maximum atomic E-state index is 11.9. The molecule has 0 bridgehead atoms. The van der Waals surface area contributed by atoms with Gasteiger partial charge >= 0.3 is 5.97 Å². The molecule has 2 aromatic carbocycles. The fraction of sp³-hybridized carbons (Fsp3) is 0.118. The minimum absolute atomic E-state index is 0.146. The summed E-state index contributed by atoms with van der Waals surface area (Å²) in [6.07, 6.45) is 0.300. The Labute approximate surface area is 143 Å². The number of carbonyl (C=O) groups excluding carboxylic acids is 2. The van der Waals surface area contributed by atoms with Crippen molar-refractivity contribution in [3.05, 3.63) is 58.6 Å². The summed E-state index contributed by atoms with van der Waals surface area (Å²) in [7, 11) is 0. The van der Waals surface area contributed by atoms with E-state index in [0.29, 0.717) is 17.1 Å². The third-order valence-electron chi connectivity index (χ3n) is 3.09. The van der Waals surface area contributed by atoms with E-state index in [9.17, 15) is 9.59 Å². The van der Waals surface area contributed by atoms with Crippen LogP contribution in [0.3, 0.4) is 0 Å². The lowest BCUT2D eigenvalue weighted by Gasteiger charge is -2.08. The molecule has 0 spiro atoms. The molecular weight excluding hydrogens is 330 g/mol. The number of rotatable bonds is 5. The Morgan fingerprint density at radius 2 is 1.92 bits per heavy atom. The number of nitrogens with one attached hydrogen (secondary N) is 1. The number of carbonyl (C=O) groups is 2. The molecule has 7 heteroatoms. The van der Waals surface area contributed by atoms with Gasteiger partial charge in [-0.05, 0) is 35.9 Å². The summed E-state index contributed by atoms with van der Waals surface area (Å²) >= 11 is 5.76. The molecule has 2 aromatic rings. The molecule has 0 radical (unpaired) electrons. The molecule has 6 nitrogen and oxygen atoms in total. The van der Waals surface area contributed by atoms with Gasteiger partial charge in [0.25, 0.3) is 5.91 Å². The van der Waals surface area contributed by atoms with Crippen LogP contribution in [0, 0.1) is 11.3 Å². The lowest BCUT2D eigenvalue weighted by Crippen LogP contribution is -2.21. The van der Waals surface area contributed by atoms with Crippen LogP contribution in [0.5, 0.6) is 0 Å². The molecule has 24 heavy (non-hydrogen) atoms. The van der Waals surface area contributed by atoms with Crippen LogP contribution in [0.4, 0.5) is 11.4 Å². The van der Waals surface area contributed by atoms with Gasteiger partial charge in [-0.15, -0.1) is 0 Å². The molecule has 0 saturated carbocycles. The zero-order chi connectivity index (χ0) is 17.5. The second kappa shape index (κ2) is 7.99. The molecule has 1 amide bonds. The fourth-order valence-corrected chi connectivity index (χ4v) is 2.10. The summed E-state index contributed by atoms with van der Waals surface area (Å²) in [5.41, 5.74) is 7.40. The van der Waals surface area contributed by atoms with E-state index < -0.39 is 18.5 Å². The van der Waals surface area contributed by atoms with E-state index in [0.717, 1.165) is 5.56 Å². The number of anilines is 2. The summed E-state index contributed by atoms with van der Waals surface area (Å²) < 4.78 is 4.93. The second-order valence-corrected chi connectivity index (χ2v) is 5.32. The lowest BCUT2D eigenvalue weighted by atomic mass is 10.1. The molecule has 2 rings (SSSR count). The number of benzene rings is 2. The molecule has 0 atom stereocenters. The Morgan fingerprint density at radius 3 is 2.54 bits per heavy atom. The molecule has 0 aliphatic heterocycles. The highest BCUT2D eigenvalue weighted by Crippen LogP contribution is 2.18.